The van der Waals surface area contributed by atoms with Crippen LogP contribution in [0.15, 0.2) is 36.8 Å². The molecular weight excluding hydrogens is 284 g/mol. The zero-order valence-electron chi connectivity index (χ0n) is 12.5. The summed E-state index contributed by atoms with van der Waals surface area (Å²) in [6.07, 6.45) is 3.94. The van der Waals surface area contributed by atoms with Gasteiger partial charge in [-0.3, -0.25) is 4.90 Å². The molecule has 0 fully saturated rings. The Kier molecular flexibility index (Phi) is 4.29. The van der Waals surface area contributed by atoms with E-state index >= 15 is 0 Å². The van der Waals surface area contributed by atoms with Crippen molar-refractivity contribution in [2.24, 2.45) is 0 Å². The van der Waals surface area contributed by atoms with E-state index < -0.39 is 0 Å². The van der Waals surface area contributed by atoms with Crippen molar-refractivity contribution in [3.8, 4) is 0 Å². The number of imidazole rings is 1. The van der Waals surface area contributed by atoms with E-state index in [1.807, 2.05) is 24.7 Å². The van der Waals surface area contributed by atoms with Crippen molar-refractivity contribution in [2.45, 2.75) is 19.1 Å². The van der Waals surface area contributed by atoms with Gasteiger partial charge in [0.1, 0.15) is 0 Å². The van der Waals surface area contributed by atoms with Crippen LogP contribution in [-0.2, 0) is 13.1 Å². The average Bonchev–Trinajstić information content (AvgIpc) is 2.86. The molecule has 0 aliphatic carbocycles. The maximum Gasteiger partial charge on any atom is 0.0952 e. The number of nitrogens with zero attached hydrogens (tertiary/aromatic N) is 4. The molecule has 0 amide bonds. The Morgan fingerprint density at radius 2 is 2.24 bits per heavy atom. The molecule has 0 radical (unpaired) electrons. The number of halogens is 1. The maximum absolute atomic E-state index is 6.08. The molecule has 1 aliphatic heterocycles. The van der Waals surface area contributed by atoms with Crippen LogP contribution in [0, 0.1) is 0 Å². The van der Waals surface area contributed by atoms with Crippen molar-refractivity contribution in [2.75, 3.05) is 27.2 Å². The predicted octanol–water partition coefficient (Wildman–Crippen LogP) is 2.66. The number of hydrogen-bond donors (Lipinski definition) is 0. The van der Waals surface area contributed by atoms with Gasteiger partial charge < -0.3 is 9.47 Å². The van der Waals surface area contributed by atoms with Crippen molar-refractivity contribution < 1.29 is 0 Å². The molecular formula is C16H21ClN4. The topological polar surface area (TPSA) is 24.3 Å². The second-order valence-electron chi connectivity index (χ2n) is 6.01. The third kappa shape index (κ3) is 3.46. The molecule has 1 aliphatic rings. The second kappa shape index (κ2) is 6.18. The first kappa shape index (κ1) is 14.6. The molecule has 2 heterocycles. The summed E-state index contributed by atoms with van der Waals surface area (Å²) < 4.78 is 2.31. The third-order valence-electron chi connectivity index (χ3n) is 3.87. The monoisotopic (exact) mass is 304 g/mol. The highest BCUT2D eigenvalue weighted by Gasteiger charge is 2.25. The second-order valence-corrected chi connectivity index (χ2v) is 6.44. The van der Waals surface area contributed by atoms with Crippen LogP contribution in [0.3, 0.4) is 0 Å². The first-order valence-corrected chi connectivity index (χ1v) is 7.62. The molecule has 0 saturated heterocycles. The predicted molar refractivity (Wildman–Crippen MR) is 85.4 cm³/mol. The quantitative estimate of drug-likeness (QED) is 0.868. The van der Waals surface area contributed by atoms with Gasteiger partial charge in [-0.15, -0.1) is 0 Å². The van der Waals surface area contributed by atoms with Crippen LogP contribution in [0.25, 0.3) is 0 Å². The molecule has 0 bridgehead atoms. The van der Waals surface area contributed by atoms with E-state index in [0.717, 1.165) is 31.2 Å². The number of hydrogen-bond acceptors (Lipinski definition) is 3. The van der Waals surface area contributed by atoms with Crippen molar-refractivity contribution in [3.63, 3.8) is 0 Å². The van der Waals surface area contributed by atoms with Crippen molar-refractivity contribution in [3.05, 3.63) is 53.1 Å². The standard InChI is InChI=1S/C16H21ClN4/c1-19(2)9-16-11-20(10-15-7-18-12-21(15)16)8-13-4-3-5-14(17)6-13/h3-7,12,16H,8-11H2,1-2H3/t16-/m0/s1. The van der Waals surface area contributed by atoms with E-state index in [-0.39, 0.29) is 0 Å². The lowest BCUT2D eigenvalue weighted by atomic mass is 10.1. The molecule has 0 unspecified atom stereocenters. The van der Waals surface area contributed by atoms with Gasteiger partial charge in [-0.05, 0) is 31.8 Å². The Hall–Kier alpha value is -1.36. The van der Waals surface area contributed by atoms with Gasteiger partial charge in [-0.1, -0.05) is 23.7 Å². The minimum Gasteiger partial charge on any atom is -0.328 e. The molecule has 4 nitrogen and oxygen atoms in total. The zero-order valence-corrected chi connectivity index (χ0v) is 13.3. The van der Waals surface area contributed by atoms with Gasteiger partial charge >= 0.3 is 0 Å². The summed E-state index contributed by atoms with van der Waals surface area (Å²) in [4.78, 5) is 9.02. The summed E-state index contributed by atoms with van der Waals surface area (Å²) in [7, 11) is 4.24. The summed E-state index contributed by atoms with van der Waals surface area (Å²) in [6.45, 7) is 3.93. The van der Waals surface area contributed by atoms with E-state index in [1.54, 1.807) is 0 Å². The van der Waals surface area contributed by atoms with Crippen LogP contribution in [0.5, 0.6) is 0 Å². The van der Waals surface area contributed by atoms with E-state index in [4.69, 9.17) is 11.6 Å². The molecule has 0 spiro atoms. The Bertz CT molecular complexity index is 608. The smallest absolute Gasteiger partial charge is 0.0952 e. The van der Waals surface area contributed by atoms with Gasteiger partial charge in [0.05, 0.1) is 18.1 Å². The summed E-state index contributed by atoms with van der Waals surface area (Å²) in [5.41, 5.74) is 2.55. The van der Waals surface area contributed by atoms with Crippen LogP contribution >= 0.6 is 11.6 Å². The van der Waals surface area contributed by atoms with E-state index in [9.17, 15) is 0 Å². The van der Waals surface area contributed by atoms with Gasteiger partial charge in [0.15, 0.2) is 0 Å². The van der Waals surface area contributed by atoms with Crippen molar-refractivity contribution in [1.29, 1.82) is 0 Å². The largest absolute Gasteiger partial charge is 0.328 e. The summed E-state index contributed by atoms with van der Waals surface area (Å²) >= 11 is 6.08. The molecule has 5 heteroatoms. The van der Waals surface area contributed by atoms with Crippen LogP contribution in [0.2, 0.25) is 5.02 Å². The van der Waals surface area contributed by atoms with Crippen LogP contribution in [-0.4, -0.2) is 46.5 Å². The molecule has 1 aromatic carbocycles. The van der Waals surface area contributed by atoms with E-state index in [2.05, 4.69) is 45.6 Å². The normalized spacial score (nSPS) is 19.0. The zero-order chi connectivity index (χ0) is 14.8. The molecule has 0 N–H and O–H groups in total. The Labute approximate surface area is 130 Å². The Balaban J connectivity index is 1.76. The highest BCUT2D eigenvalue weighted by atomic mass is 35.5. The lowest BCUT2D eigenvalue weighted by Gasteiger charge is -2.35. The minimum absolute atomic E-state index is 0.449. The lowest BCUT2D eigenvalue weighted by Crippen LogP contribution is -2.40. The van der Waals surface area contributed by atoms with Crippen LogP contribution in [0.1, 0.15) is 17.3 Å². The number of fused-ring (bicyclic) bond motifs is 1. The number of aromatic nitrogens is 2. The molecule has 3 rings (SSSR count). The molecule has 0 saturated carbocycles. The minimum atomic E-state index is 0.449. The van der Waals surface area contributed by atoms with Gasteiger partial charge in [0.2, 0.25) is 0 Å². The molecule has 1 atom stereocenters. The van der Waals surface area contributed by atoms with E-state index in [0.29, 0.717) is 6.04 Å². The van der Waals surface area contributed by atoms with Gasteiger partial charge in [0.25, 0.3) is 0 Å². The fourth-order valence-electron chi connectivity index (χ4n) is 3.04. The molecule has 21 heavy (non-hydrogen) atoms. The first-order chi connectivity index (χ1) is 10.1. The molecule has 112 valence electrons. The lowest BCUT2D eigenvalue weighted by molar-refractivity contribution is 0.156. The van der Waals surface area contributed by atoms with E-state index in [1.165, 1.54) is 11.3 Å². The molecule has 2 aromatic rings. The fraction of sp³-hybridized carbons (Fsp3) is 0.438. The Morgan fingerprint density at radius 1 is 1.38 bits per heavy atom. The van der Waals surface area contributed by atoms with Crippen molar-refractivity contribution in [1.82, 2.24) is 19.4 Å². The fourth-order valence-corrected chi connectivity index (χ4v) is 3.26. The van der Waals surface area contributed by atoms with Gasteiger partial charge in [-0.2, -0.15) is 0 Å². The average molecular weight is 305 g/mol. The van der Waals surface area contributed by atoms with Crippen molar-refractivity contribution >= 4 is 11.6 Å². The summed E-state index contributed by atoms with van der Waals surface area (Å²) in [5.74, 6) is 0. The third-order valence-corrected chi connectivity index (χ3v) is 4.10. The number of benzene rings is 1. The summed E-state index contributed by atoms with van der Waals surface area (Å²) in [6, 6.07) is 8.58. The van der Waals surface area contributed by atoms with Crippen LogP contribution < -0.4 is 0 Å². The van der Waals surface area contributed by atoms with Gasteiger partial charge in [0, 0.05) is 37.4 Å². The number of rotatable bonds is 4. The maximum atomic E-state index is 6.08. The number of likely N-dealkylation sites (N-methyl/N-ethyl adjacent to an activating group) is 1. The highest BCUT2D eigenvalue weighted by Crippen LogP contribution is 2.23. The highest BCUT2D eigenvalue weighted by molar-refractivity contribution is 6.30. The SMILES string of the molecule is CN(C)C[C@H]1CN(Cc2cccc(Cl)c2)Cc2cncn21. The Morgan fingerprint density at radius 3 is 3.00 bits per heavy atom. The summed E-state index contributed by atoms with van der Waals surface area (Å²) in [5, 5.41) is 0.805. The van der Waals surface area contributed by atoms with Crippen LogP contribution in [0.4, 0.5) is 0 Å². The molecule has 1 aromatic heterocycles. The first-order valence-electron chi connectivity index (χ1n) is 7.24. The van der Waals surface area contributed by atoms with Gasteiger partial charge in [-0.25, -0.2) is 4.98 Å².